The fourth-order valence-corrected chi connectivity index (χ4v) is 15.1. The second kappa shape index (κ2) is 22.2. The van der Waals surface area contributed by atoms with Gasteiger partial charge in [0.1, 0.15) is 11.2 Å². The molecule has 3 aromatic heterocycles. The van der Waals surface area contributed by atoms with E-state index < -0.39 is 126 Å². The minimum atomic E-state index is -1.26. The molecule has 100 heavy (non-hydrogen) atoms. The fourth-order valence-electron chi connectivity index (χ4n) is 15.1. The van der Waals surface area contributed by atoms with Crippen LogP contribution in [0.4, 0.5) is 34.1 Å². The lowest BCUT2D eigenvalue weighted by Crippen LogP contribution is -2.61. The highest BCUT2D eigenvalue weighted by Crippen LogP contribution is 2.53. The van der Waals surface area contributed by atoms with Gasteiger partial charge in [0.2, 0.25) is 0 Å². The Hall–Kier alpha value is -11.1. The van der Waals surface area contributed by atoms with Crippen molar-refractivity contribution in [3.8, 4) is 44.8 Å². The molecule has 0 saturated heterocycles. The third-order valence-corrected chi connectivity index (χ3v) is 20.3. The molecule has 0 spiro atoms. The third-order valence-electron chi connectivity index (χ3n) is 20.3. The topological polar surface area (TPSA) is 29.5 Å². The lowest BCUT2D eigenvalue weighted by Gasteiger charge is -2.45. The normalized spacial score (nSPS) is 16.0. The largest absolute Gasteiger partial charge is 0.456 e. The number of hydrogen-bond donors (Lipinski definition) is 0. The van der Waals surface area contributed by atoms with Crippen LogP contribution in [-0.2, 0) is 21.7 Å². The van der Waals surface area contributed by atoms with Gasteiger partial charge in [0.25, 0.3) is 6.71 Å². The van der Waals surface area contributed by atoms with Crippen LogP contribution in [0.2, 0.25) is 0 Å². The van der Waals surface area contributed by atoms with Crippen molar-refractivity contribution >= 4 is 123 Å². The number of aromatic nitrogens is 2. The van der Waals surface area contributed by atoms with E-state index in [0.717, 1.165) is 60.8 Å². The average molecular weight is 1310 g/mol. The third kappa shape index (κ3) is 9.72. The predicted molar refractivity (Wildman–Crippen MR) is 428 cm³/mol. The van der Waals surface area contributed by atoms with Gasteiger partial charge in [-0.25, -0.2) is 0 Å². The number of furan rings is 1. The molecule has 0 unspecified atom stereocenters. The monoisotopic (exact) mass is 1310 g/mol. The van der Waals surface area contributed by atoms with Gasteiger partial charge in [0.05, 0.1) is 59.5 Å². The van der Waals surface area contributed by atoms with Crippen LogP contribution in [-0.4, -0.2) is 15.8 Å². The van der Waals surface area contributed by atoms with Crippen LogP contribution in [0.3, 0.4) is 0 Å². The van der Waals surface area contributed by atoms with Crippen molar-refractivity contribution in [2.24, 2.45) is 0 Å². The number of nitrogens with zero attached hydrogens (tertiary/aromatic N) is 4. The zero-order chi connectivity index (χ0) is 85.0. The van der Waals surface area contributed by atoms with Gasteiger partial charge >= 0.3 is 0 Å². The Morgan fingerprint density at radius 3 is 1.24 bits per heavy atom. The summed E-state index contributed by atoms with van der Waals surface area (Å²) in [6.45, 7) is 24.5. The van der Waals surface area contributed by atoms with Gasteiger partial charge in [0.15, 0.2) is 0 Å². The highest BCUT2D eigenvalue weighted by molar-refractivity contribution is 7.00. The van der Waals surface area contributed by atoms with Crippen molar-refractivity contribution in [2.75, 3.05) is 9.80 Å². The molecule has 0 amide bonds. The SMILES string of the molecule is [2H]c1cc(-n2c3c([2H])c([2H])c([2H])c([2H])c3c3c([2H])c([2H])c([2H])c([2H])c32)cc2c1B1c3c(cc(-c4ccc5oc6ccccc6c5c4)cc3N(c3ccc(C(C)(C)C)cc3-c3cccc(C(C)(C)C)c3)c3cc(-n4c5c([2H])c([2H])c([2H])c([2H])c5c5c([2H])c([2H])c([2H])c([2H])c54)c([2H])c([2H])c31)N2c1ccc(C(C)(C)C)cc1-c1cccc(C(C)(C)C)c1. The summed E-state index contributed by atoms with van der Waals surface area (Å²) in [7, 11) is 0. The average Bonchev–Trinajstić information content (AvgIpc) is 1.68. The van der Waals surface area contributed by atoms with Crippen molar-refractivity contribution in [1.82, 2.24) is 9.13 Å². The van der Waals surface area contributed by atoms with Crippen molar-refractivity contribution in [2.45, 2.75) is 105 Å². The summed E-state index contributed by atoms with van der Waals surface area (Å²) in [4.78, 5) is 4.17. The Kier molecular flexibility index (Phi) is 9.79. The Morgan fingerprint density at radius 1 is 0.300 bits per heavy atom. The molecule has 0 N–H and O–H groups in total. The first-order chi connectivity index (χ1) is 56.0. The second-order valence-electron chi connectivity index (χ2n) is 30.8. The Labute approximate surface area is 614 Å². The Bertz CT molecular complexity index is 7080. The first kappa shape index (κ1) is 44.1. The molecule has 0 aliphatic carbocycles. The highest BCUT2D eigenvalue weighted by atomic mass is 16.3. The molecular weight excluding hydrogens is 1210 g/mol. The molecule has 2 aliphatic heterocycles. The maximum absolute atomic E-state index is 11.3. The van der Waals surface area contributed by atoms with Crippen LogP contribution < -0.4 is 26.2 Å². The summed E-state index contributed by atoms with van der Waals surface area (Å²) in [6.07, 6.45) is 0. The van der Waals surface area contributed by atoms with Crippen LogP contribution in [0, 0.1) is 0 Å². The molecule has 2 aliphatic rings. The molecule has 0 bridgehead atoms. The molecule has 0 fully saturated rings. The van der Waals surface area contributed by atoms with Gasteiger partial charge in [-0.2, -0.15) is 0 Å². The zero-order valence-corrected chi connectivity index (χ0v) is 57.8. The summed E-state index contributed by atoms with van der Waals surface area (Å²) in [5.74, 6) is 0. The van der Waals surface area contributed by atoms with E-state index in [1.807, 2.05) is 48.5 Å². The van der Waals surface area contributed by atoms with Gasteiger partial charge in [-0.3, -0.25) is 0 Å². The molecule has 13 aromatic carbocycles. The van der Waals surface area contributed by atoms with Gasteiger partial charge in [0, 0.05) is 77.6 Å². The smallest absolute Gasteiger partial charge is 0.252 e. The first-order valence-corrected chi connectivity index (χ1v) is 34.0. The molecule has 486 valence electrons. The van der Waals surface area contributed by atoms with Gasteiger partial charge < -0.3 is 23.4 Å². The molecule has 0 atom stereocenters. The van der Waals surface area contributed by atoms with E-state index in [4.69, 9.17) is 9.90 Å². The van der Waals surface area contributed by atoms with E-state index in [2.05, 4.69) is 184 Å². The standard InChI is InChI=1S/C94H81BN4O/c1-91(2,3)62-27-23-25-59(49-62)73-54-64(93(7,8)9)40-46-82(73)98-84-56-66(96-78-34-18-13-29-68(78)69-30-14-19-35-79(69)96)42-44-76(84)95-77-45-43-67(97-80-36-20-15-31-70(80)71-32-16-21-37-81(71)97)57-85(77)99(83-47-41-65(94(10,11)12)55-74(83)60-26-24-28-63(50-60)92(4,5)6)87-53-61(52-86(98)90(87)95)58-39-48-89-75(51-58)72-33-17-22-38-88(72)100-89/h13-57H,1-12H3/i13D,14D,15D,16D,18D,19D,20D,21D,29D,30D,31D,32D,34D,35D,36D,37D,42D,44D,45D. The van der Waals surface area contributed by atoms with Crippen molar-refractivity contribution in [1.29, 1.82) is 0 Å². The number of rotatable bonds is 7. The van der Waals surface area contributed by atoms with Gasteiger partial charge in [-0.05, 0) is 186 Å². The first-order valence-electron chi connectivity index (χ1n) is 43.5. The summed E-state index contributed by atoms with van der Waals surface area (Å²) >= 11 is 0. The fraction of sp³-hybridized carbons (Fsp3) is 0.170. The molecule has 5 heterocycles. The van der Waals surface area contributed by atoms with Crippen LogP contribution >= 0.6 is 0 Å². The molecule has 16 aromatic rings. The summed E-state index contributed by atoms with van der Waals surface area (Å²) in [6, 6.07) is 41.3. The summed E-state index contributed by atoms with van der Waals surface area (Å²) in [5, 5.41) is 0.855. The minimum absolute atomic E-state index is 0.0651. The molecule has 0 saturated carbocycles. The number of benzene rings is 13. The number of anilines is 6. The number of hydrogen-bond acceptors (Lipinski definition) is 3. The van der Waals surface area contributed by atoms with Crippen molar-refractivity contribution in [3.05, 3.63) is 295 Å². The lowest BCUT2D eigenvalue weighted by atomic mass is 9.33. The summed E-state index contributed by atoms with van der Waals surface area (Å²) in [5.41, 5.74) is 10.9. The van der Waals surface area contributed by atoms with Crippen LogP contribution in [0.15, 0.2) is 277 Å². The van der Waals surface area contributed by atoms with Crippen LogP contribution in [0.25, 0.3) is 110 Å². The van der Waals surface area contributed by atoms with Crippen LogP contribution in [0.5, 0.6) is 0 Å². The van der Waals surface area contributed by atoms with Crippen LogP contribution in [0.1, 0.15) is 131 Å². The predicted octanol–water partition coefficient (Wildman–Crippen LogP) is 24.1. The van der Waals surface area contributed by atoms with E-state index >= 15 is 0 Å². The maximum atomic E-state index is 11.3. The van der Waals surface area contributed by atoms with E-state index in [1.165, 1.54) is 15.2 Å². The van der Waals surface area contributed by atoms with Gasteiger partial charge in [-0.15, -0.1) is 0 Å². The lowest BCUT2D eigenvalue weighted by molar-refractivity contribution is 0.589. The molecule has 18 rings (SSSR count). The van der Waals surface area contributed by atoms with Crippen molar-refractivity contribution in [3.63, 3.8) is 0 Å². The number of fused-ring (bicyclic) bond motifs is 13. The summed E-state index contributed by atoms with van der Waals surface area (Å²) < 4.78 is 194. The van der Waals surface area contributed by atoms with E-state index in [9.17, 15) is 20.6 Å². The molecule has 5 nitrogen and oxygen atoms in total. The molecule has 0 radical (unpaired) electrons. The maximum Gasteiger partial charge on any atom is 0.252 e. The minimum Gasteiger partial charge on any atom is -0.456 e. The van der Waals surface area contributed by atoms with E-state index in [0.29, 0.717) is 44.9 Å². The zero-order valence-electron chi connectivity index (χ0n) is 76.8. The quantitative estimate of drug-likeness (QED) is 0.149. The highest BCUT2D eigenvalue weighted by Gasteiger charge is 2.45. The molecule has 6 heteroatoms. The molecular formula is C94H81BN4O. The Balaban J connectivity index is 1.08. The van der Waals surface area contributed by atoms with E-state index in [1.54, 1.807) is 12.1 Å². The van der Waals surface area contributed by atoms with Crippen molar-refractivity contribution < 1.29 is 30.5 Å². The van der Waals surface area contributed by atoms with E-state index in [-0.39, 0.29) is 94.2 Å². The van der Waals surface area contributed by atoms with Gasteiger partial charge in [-0.1, -0.05) is 253 Å². The Morgan fingerprint density at radius 2 is 0.740 bits per heavy atom. The second-order valence-corrected chi connectivity index (χ2v) is 30.8. The number of para-hydroxylation sites is 5.